The summed E-state index contributed by atoms with van der Waals surface area (Å²) in [7, 11) is 1.47. The lowest BCUT2D eigenvalue weighted by atomic mass is 10.1. The average Bonchev–Trinajstić information content (AvgIpc) is 2.86. The predicted molar refractivity (Wildman–Crippen MR) is 73.3 cm³/mol. The molecule has 1 heterocycles. The Hall–Kier alpha value is -1.33. The average molecular weight is 289 g/mol. The highest BCUT2D eigenvalue weighted by Crippen LogP contribution is 2.25. The SMILES string of the molecule is COc1ccc(F)cc1C(=O)N1CCCC1CN.Cl. The van der Waals surface area contributed by atoms with Gasteiger partial charge in [0.1, 0.15) is 11.6 Å². The fraction of sp³-hybridized carbons (Fsp3) is 0.462. The Morgan fingerprint density at radius 2 is 2.32 bits per heavy atom. The van der Waals surface area contributed by atoms with Crippen LogP contribution >= 0.6 is 12.4 Å². The summed E-state index contributed by atoms with van der Waals surface area (Å²) in [6.45, 7) is 1.10. The highest BCUT2D eigenvalue weighted by Gasteiger charge is 2.30. The first-order chi connectivity index (χ1) is 8.67. The Balaban J connectivity index is 0.00000180. The standard InChI is InChI=1S/C13H17FN2O2.ClH/c1-18-12-5-4-9(14)7-11(12)13(17)16-6-2-3-10(16)8-15;/h4-5,7,10H,2-3,6,8,15H2,1H3;1H. The monoisotopic (exact) mass is 288 g/mol. The lowest BCUT2D eigenvalue weighted by molar-refractivity contribution is 0.0737. The normalized spacial score (nSPS) is 18.1. The van der Waals surface area contributed by atoms with Crippen LogP contribution in [0.15, 0.2) is 18.2 Å². The number of carbonyl (C=O) groups excluding carboxylic acids is 1. The van der Waals surface area contributed by atoms with E-state index in [1.807, 2.05) is 0 Å². The number of methoxy groups -OCH3 is 1. The molecule has 106 valence electrons. The molecule has 6 heteroatoms. The lowest BCUT2D eigenvalue weighted by Gasteiger charge is -2.24. The van der Waals surface area contributed by atoms with Crippen molar-refractivity contribution in [2.75, 3.05) is 20.2 Å². The predicted octanol–water partition coefficient (Wildman–Crippen LogP) is 1.82. The van der Waals surface area contributed by atoms with Crippen molar-refractivity contribution in [3.63, 3.8) is 0 Å². The maximum absolute atomic E-state index is 13.3. The number of carbonyl (C=O) groups is 1. The number of benzene rings is 1. The van der Waals surface area contributed by atoms with Crippen molar-refractivity contribution in [2.24, 2.45) is 5.73 Å². The smallest absolute Gasteiger partial charge is 0.258 e. The van der Waals surface area contributed by atoms with Gasteiger partial charge in [-0.1, -0.05) is 0 Å². The van der Waals surface area contributed by atoms with E-state index in [0.29, 0.717) is 18.8 Å². The van der Waals surface area contributed by atoms with Crippen LogP contribution in [0.1, 0.15) is 23.2 Å². The summed E-state index contributed by atoms with van der Waals surface area (Å²) in [6, 6.07) is 4.01. The van der Waals surface area contributed by atoms with Crippen LogP contribution in [0.25, 0.3) is 0 Å². The molecule has 0 radical (unpaired) electrons. The zero-order valence-electron chi connectivity index (χ0n) is 10.8. The van der Waals surface area contributed by atoms with Crippen LogP contribution < -0.4 is 10.5 Å². The molecule has 0 saturated carbocycles. The van der Waals surface area contributed by atoms with Gasteiger partial charge in [-0.15, -0.1) is 12.4 Å². The molecule has 0 aromatic heterocycles. The van der Waals surface area contributed by atoms with Gasteiger partial charge in [-0.05, 0) is 31.0 Å². The summed E-state index contributed by atoms with van der Waals surface area (Å²) in [5.74, 6) is -0.258. The molecule has 2 N–H and O–H groups in total. The van der Waals surface area contributed by atoms with E-state index >= 15 is 0 Å². The summed E-state index contributed by atoms with van der Waals surface area (Å²) in [4.78, 5) is 14.1. The van der Waals surface area contributed by atoms with Crippen LogP contribution in [0, 0.1) is 5.82 Å². The number of hydrogen-bond acceptors (Lipinski definition) is 3. The van der Waals surface area contributed by atoms with Crippen LogP contribution in [-0.2, 0) is 0 Å². The van der Waals surface area contributed by atoms with Crippen molar-refractivity contribution < 1.29 is 13.9 Å². The molecule has 1 aliphatic rings. The number of rotatable bonds is 3. The number of likely N-dealkylation sites (tertiary alicyclic amines) is 1. The van der Waals surface area contributed by atoms with Crippen molar-refractivity contribution in [3.8, 4) is 5.75 Å². The second-order valence-electron chi connectivity index (χ2n) is 4.37. The number of nitrogens with zero attached hydrogens (tertiary/aromatic N) is 1. The number of hydrogen-bond donors (Lipinski definition) is 1. The van der Waals surface area contributed by atoms with Gasteiger partial charge in [0.2, 0.25) is 0 Å². The quantitative estimate of drug-likeness (QED) is 0.923. The van der Waals surface area contributed by atoms with Gasteiger partial charge in [-0.2, -0.15) is 0 Å². The van der Waals surface area contributed by atoms with E-state index in [4.69, 9.17) is 10.5 Å². The molecule has 1 unspecified atom stereocenters. The minimum Gasteiger partial charge on any atom is -0.496 e. The first-order valence-corrected chi connectivity index (χ1v) is 6.02. The summed E-state index contributed by atoms with van der Waals surface area (Å²) in [5, 5.41) is 0. The Morgan fingerprint density at radius 3 is 2.95 bits per heavy atom. The molecular formula is C13H18ClFN2O2. The third kappa shape index (κ3) is 3.16. The molecule has 1 amide bonds. The number of halogens is 2. The fourth-order valence-electron chi connectivity index (χ4n) is 2.35. The van der Waals surface area contributed by atoms with Gasteiger partial charge in [0.25, 0.3) is 5.91 Å². The maximum Gasteiger partial charge on any atom is 0.258 e. The second kappa shape index (κ2) is 6.73. The Kier molecular flexibility index (Phi) is 5.57. The highest BCUT2D eigenvalue weighted by atomic mass is 35.5. The molecule has 4 nitrogen and oxygen atoms in total. The molecule has 2 rings (SSSR count). The third-order valence-corrected chi connectivity index (χ3v) is 3.30. The van der Waals surface area contributed by atoms with E-state index in [1.54, 1.807) is 4.90 Å². The molecule has 1 aromatic carbocycles. The van der Waals surface area contributed by atoms with Crippen LogP contribution in [-0.4, -0.2) is 37.0 Å². The number of nitrogens with two attached hydrogens (primary N) is 1. The van der Waals surface area contributed by atoms with Gasteiger partial charge in [0.15, 0.2) is 0 Å². The summed E-state index contributed by atoms with van der Waals surface area (Å²) < 4.78 is 18.4. The maximum atomic E-state index is 13.3. The van der Waals surface area contributed by atoms with Gasteiger partial charge in [0.05, 0.1) is 12.7 Å². The first-order valence-electron chi connectivity index (χ1n) is 6.02. The van der Waals surface area contributed by atoms with E-state index in [-0.39, 0.29) is 29.9 Å². The molecule has 0 aliphatic carbocycles. The Morgan fingerprint density at radius 1 is 1.58 bits per heavy atom. The highest BCUT2D eigenvalue weighted by molar-refractivity contribution is 5.97. The van der Waals surface area contributed by atoms with Crippen LogP contribution in [0.2, 0.25) is 0 Å². The van der Waals surface area contributed by atoms with E-state index in [9.17, 15) is 9.18 Å². The van der Waals surface area contributed by atoms with Gasteiger partial charge in [0, 0.05) is 19.1 Å². The zero-order chi connectivity index (χ0) is 13.1. The van der Waals surface area contributed by atoms with Gasteiger partial charge in [-0.25, -0.2) is 4.39 Å². The van der Waals surface area contributed by atoms with E-state index in [1.165, 1.54) is 25.3 Å². The topological polar surface area (TPSA) is 55.6 Å². The largest absolute Gasteiger partial charge is 0.496 e. The van der Waals surface area contributed by atoms with Crippen LogP contribution in [0.3, 0.4) is 0 Å². The molecular weight excluding hydrogens is 271 g/mol. The molecule has 1 atom stereocenters. The van der Waals surface area contributed by atoms with Gasteiger partial charge >= 0.3 is 0 Å². The van der Waals surface area contributed by atoms with Crippen LogP contribution in [0.5, 0.6) is 5.75 Å². The Labute approximate surface area is 118 Å². The number of amides is 1. The molecule has 1 aromatic rings. The first kappa shape index (κ1) is 15.7. The van der Waals surface area contributed by atoms with E-state index in [0.717, 1.165) is 12.8 Å². The summed E-state index contributed by atoms with van der Waals surface area (Å²) >= 11 is 0. The molecule has 1 fully saturated rings. The lowest BCUT2D eigenvalue weighted by Crippen LogP contribution is -2.40. The van der Waals surface area contributed by atoms with Gasteiger partial charge in [-0.3, -0.25) is 4.79 Å². The second-order valence-corrected chi connectivity index (χ2v) is 4.37. The van der Waals surface area contributed by atoms with Crippen molar-refractivity contribution in [3.05, 3.63) is 29.6 Å². The van der Waals surface area contributed by atoms with Crippen molar-refractivity contribution in [1.29, 1.82) is 0 Å². The minimum absolute atomic E-state index is 0. The zero-order valence-corrected chi connectivity index (χ0v) is 11.6. The van der Waals surface area contributed by atoms with Gasteiger partial charge < -0.3 is 15.4 Å². The molecule has 0 spiro atoms. The van der Waals surface area contributed by atoms with Crippen molar-refractivity contribution in [1.82, 2.24) is 4.90 Å². The summed E-state index contributed by atoms with van der Waals surface area (Å²) in [5.41, 5.74) is 5.90. The number of ether oxygens (including phenoxy) is 1. The Bertz CT molecular complexity index is 456. The van der Waals surface area contributed by atoms with Crippen LogP contribution in [0.4, 0.5) is 4.39 Å². The van der Waals surface area contributed by atoms with E-state index < -0.39 is 5.82 Å². The third-order valence-electron chi connectivity index (χ3n) is 3.30. The minimum atomic E-state index is -0.442. The van der Waals surface area contributed by atoms with E-state index in [2.05, 4.69) is 0 Å². The molecule has 19 heavy (non-hydrogen) atoms. The van der Waals surface area contributed by atoms with Crippen molar-refractivity contribution in [2.45, 2.75) is 18.9 Å². The molecule has 1 aliphatic heterocycles. The molecule has 0 bridgehead atoms. The van der Waals surface area contributed by atoms with Crippen molar-refractivity contribution >= 4 is 18.3 Å². The summed E-state index contributed by atoms with van der Waals surface area (Å²) in [6.07, 6.45) is 1.84. The fourth-order valence-corrected chi connectivity index (χ4v) is 2.35. The molecule has 1 saturated heterocycles.